The number of hydrogen-bond acceptors (Lipinski definition) is 4. The average molecular weight is 424 g/mol. The van der Waals surface area contributed by atoms with Crippen molar-refractivity contribution >= 4 is 27.3 Å². The molecule has 0 aliphatic carbocycles. The highest BCUT2D eigenvalue weighted by molar-refractivity contribution is 7.92. The van der Waals surface area contributed by atoms with E-state index in [9.17, 15) is 13.2 Å². The van der Waals surface area contributed by atoms with Crippen LogP contribution in [-0.2, 0) is 21.4 Å². The molecule has 7 heteroatoms. The summed E-state index contributed by atoms with van der Waals surface area (Å²) in [5.74, 6) is -0.209. The number of benzene rings is 3. The number of nitrogens with one attached hydrogen (secondary N) is 1. The van der Waals surface area contributed by atoms with E-state index in [1.165, 1.54) is 23.5 Å². The van der Waals surface area contributed by atoms with Gasteiger partial charge in [-0.25, -0.2) is 8.42 Å². The molecule has 0 spiro atoms. The zero-order valence-electron chi connectivity index (χ0n) is 17.0. The van der Waals surface area contributed by atoms with Crippen LogP contribution in [0.15, 0.2) is 89.8 Å². The molecule has 0 aliphatic heterocycles. The Morgan fingerprint density at radius 3 is 2.17 bits per heavy atom. The number of nitrogens with zero attached hydrogens (tertiary/aromatic N) is 2. The second-order valence-electron chi connectivity index (χ2n) is 7.04. The van der Waals surface area contributed by atoms with Crippen molar-refractivity contribution in [3.05, 3.63) is 90.5 Å². The third-order valence-electron chi connectivity index (χ3n) is 4.60. The lowest BCUT2D eigenvalue weighted by Gasteiger charge is -2.20. The van der Waals surface area contributed by atoms with Crippen LogP contribution in [0.2, 0.25) is 0 Å². The summed E-state index contributed by atoms with van der Waals surface area (Å²) in [7, 11) is -0.371. The molecule has 0 aromatic heterocycles. The molecule has 0 heterocycles. The molecule has 0 saturated heterocycles. The van der Waals surface area contributed by atoms with Gasteiger partial charge in [-0.3, -0.25) is 14.0 Å². The number of sulfonamides is 1. The van der Waals surface area contributed by atoms with E-state index in [2.05, 4.69) is 5.32 Å². The van der Waals surface area contributed by atoms with Crippen LogP contribution in [0.4, 0.5) is 11.4 Å². The van der Waals surface area contributed by atoms with Crippen LogP contribution in [0.5, 0.6) is 0 Å². The first-order chi connectivity index (χ1) is 14.4. The largest absolute Gasteiger partial charge is 0.325 e. The number of rotatable bonds is 8. The molecule has 0 unspecified atom stereocenters. The fraction of sp³-hybridized carbons (Fsp3) is 0.174. The summed E-state index contributed by atoms with van der Waals surface area (Å²) < 4.78 is 27.1. The van der Waals surface area contributed by atoms with Gasteiger partial charge in [0.05, 0.1) is 17.1 Å². The van der Waals surface area contributed by atoms with Gasteiger partial charge in [0.1, 0.15) is 0 Å². The van der Waals surface area contributed by atoms with Crippen molar-refractivity contribution in [3.8, 4) is 0 Å². The molecule has 3 aromatic carbocycles. The highest BCUT2D eigenvalue weighted by Gasteiger charge is 2.21. The summed E-state index contributed by atoms with van der Waals surface area (Å²) in [6.07, 6.45) is 0. The highest BCUT2D eigenvalue weighted by atomic mass is 32.2. The number of anilines is 2. The predicted octanol–water partition coefficient (Wildman–Crippen LogP) is 3.58. The van der Waals surface area contributed by atoms with Crippen LogP contribution < -0.4 is 9.62 Å². The Kier molecular flexibility index (Phi) is 6.87. The van der Waals surface area contributed by atoms with Crippen molar-refractivity contribution < 1.29 is 13.2 Å². The monoisotopic (exact) mass is 423 g/mol. The molecule has 0 radical (unpaired) electrons. The van der Waals surface area contributed by atoms with Gasteiger partial charge in [-0.2, -0.15) is 0 Å². The standard InChI is InChI=1S/C23H25N3O3S/c1-25(17-19-10-5-3-6-11-19)18-23(27)24-20-12-9-15-22(16-20)30(28,29)26(2)21-13-7-4-8-14-21/h3-16H,17-18H2,1-2H3,(H,24,27). The second kappa shape index (κ2) is 9.56. The van der Waals surface area contributed by atoms with Crippen LogP contribution >= 0.6 is 0 Å². The Hall–Kier alpha value is -3.16. The van der Waals surface area contributed by atoms with Crippen molar-refractivity contribution in [1.29, 1.82) is 0 Å². The first kappa shape index (κ1) is 21.5. The van der Waals surface area contributed by atoms with E-state index >= 15 is 0 Å². The third kappa shape index (κ3) is 5.46. The molecule has 0 atom stereocenters. The molecule has 156 valence electrons. The normalized spacial score (nSPS) is 11.3. The Bertz CT molecular complexity index is 1090. The van der Waals surface area contributed by atoms with Gasteiger partial charge in [0.15, 0.2) is 0 Å². The van der Waals surface area contributed by atoms with Gasteiger partial charge in [0.2, 0.25) is 5.91 Å². The third-order valence-corrected chi connectivity index (χ3v) is 6.39. The van der Waals surface area contributed by atoms with E-state index in [1.54, 1.807) is 36.4 Å². The second-order valence-corrected chi connectivity index (χ2v) is 9.01. The Morgan fingerprint density at radius 1 is 0.867 bits per heavy atom. The number of para-hydroxylation sites is 1. The molecular formula is C23H25N3O3S. The molecular weight excluding hydrogens is 398 g/mol. The van der Waals surface area contributed by atoms with Crippen LogP contribution in [0.1, 0.15) is 5.56 Å². The summed E-state index contributed by atoms with van der Waals surface area (Å²) in [6.45, 7) is 0.834. The minimum atomic E-state index is -3.74. The van der Waals surface area contributed by atoms with E-state index in [-0.39, 0.29) is 17.3 Å². The molecule has 1 N–H and O–H groups in total. The molecule has 3 rings (SSSR count). The van der Waals surface area contributed by atoms with Crippen molar-refractivity contribution in [1.82, 2.24) is 4.90 Å². The number of carbonyl (C=O) groups excluding carboxylic acids is 1. The summed E-state index contributed by atoms with van der Waals surface area (Å²) in [5, 5.41) is 2.79. The van der Waals surface area contributed by atoms with Crippen molar-refractivity contribution in [2.24, 2.45) is 0 Å². The fourth-order valence-corrected chi connectivity index (χ4v) is 4.31. The molecule has 0 fully saturated rings. The van der Waals surface area contributed by atoms with Gasteiger partial charge in [0, 0.05) is 19.3 Å². The Labute approximate surface area is 177 Å². The first-order valence-electron chi connectivity index (χ1n) is 9.52. The lowest BCUT2D eigenvalue weighted by atomic mass is 10.2. The van der Waals surface area contributed by atoms with Gasteiger partial charge < -0.3 is 5.32 Å². The topological polar surface area (TPSA) is 69.7 Å². The van der Waals surface area contributed by atoms with Crippen molar-refractivity contribution in [2.45, 2.75) is 11.4 Å². The minimum Gasteiger partial charge on any atom is -0.325 e. The molecule has 30 heavy (non-hydrogen) atoms. The zero-order chi connectivity index (χ0) is 21.6. The van der Waals surface area contributed by atoms with E-state index in [0.717, 1.165) is 5.56 Å². The van der Waals surface area contributed by atoms with Gasteiger partial charge >= 0.3 is 0 Å². The Balaban J connectivity index is 1.67. The average Bonchev–Trinajstić information content (AvgIpc) is 2.74. The smallest absolute Gasteiger partial charge is 0.264 e. The van der Waals surface area contributed by atoms with Gasteiger partial charge in [-0.05, 0) is 42.9 Å². The van der Waals surface area contributed by atoms with Crippen LogP contribution in [0.3, 0.4) is 0 Å². The molecule has 0 aliphatic rings. The summed E-state index contributed by atoms with van der Waals surface area (Å²) in [5.41, 5.74) is 2.12. The van der Waals surface area contributed by atoms with Crippen LogP contribution in [0, 0.1) is 0 Å². The highest BCUT2D eigenvalue weighted by Crippen LogP contribution is 2.23. The maximum atomic E-state index is 13.0. The Morgan fingerprint density at radius 2 is 1.50 bits per heavy atom. The predicted molar refractivity (Wildman–Crippen MR) is 120 cm³/mol. The maximum absolute atomic E-state index is 13.0. The summed E-state index contributed by atoms with van der Waals surface area (Å²) in [6, 6.07) is 25.0. The molecule has 0 bridgehead atoms. The molecule has 1 amide bonds. The van der Waals surface area contributed by atoms with Gasteiger partial charge in [0.25, 0.3) is 10.0 Å². The minimum absolute atomic E-state index is 0.115. The quantitative estimate of drug-likeness (QED) is 0.601. The lowest BCUT2D eigenvalue weighted by Crippen LogP contribution is -2.30. The molecule has 3 aromatic rings. The van der Waals surface area contributed by atoms with E-state index in [4.69, 9.17) is 0 Å². The molecule has 6 nitrogen and oxygen atoms in total. The van der Waals surface area contributed by atoms with E-state index in [0.29, 0.717) is 17.9 Å². The van der Waals surface area contributed by atoms with Crippen LogP contribution in [-0.4, -0.2) is 39.9 Å². The number of amides is 1. The zero-order valence-corrected chi connectivity index (χ0v) is 17.8. The molecule has 0 saturated carbocycles. The summed E-state index contributed by atoms with van der Waals surface area (Å²) in [4.78, 5) is 14.4. The maximum Gasteiger partial charge on any atom is 0.264 e. The fourth-order valence-electron chi connectivity index (χ4n) is 3.07. The van der Waals surface area contributed by atoms with E-state index in [1.807, 2.05) is 48.3 Å². The lowest BCUT2D eigenvalue weighted by molar-refractivity contribution is -0.117. The summed E-state index contributed by atoms with van der Waals surface area (Å²) >= 11 is 0. The van der Waals surface area contributed by atoms with Crippen molar-refractivity contribution in [3.63, 3.8) is 0 Å². The number of hydrogen-bond donors (Lipinski definition) is 1. The number of likely N-dealkylation sites (N-methyl/N-ethyl adjacent to an activating group) is 1. The first-order valence-corrected chi connectivity index (χ1v) is 11.0. The van der Waals surface area contributed by atoms with Crippen molar-refractivity contribution in [2.75, 3.05) is 30.3 Å². The SMILES string of the molecule is CN(CC(=O)Nc1cccc(S(=O)(=O)N(C)c2ccccc2)c1)Cc1ccccc1. The van der Waals surface area contributed by atoms with Gasteiger partial charge in [-0.1, -0.05) is 54.6 Å². The van der Waals surface area contributed by atoms with Crippen LogP contribution in [0.25, 0.3) is 0 Å². The van der Waals surface area contributed by atoms with E-state index < -0.39 is 10.0 Å². The van der Waals surface area contributed by atoms with Gasteiger partial charge in [-0.15, -0.1) is 0 Å². The number of carbonyl (C=O) groups is 1.